The molecule has 1 amide bonds. The summed E-state index contributed by atoms with van der Waals surface area (Å²) in [6, 6.07) is 17.6. The maximum atomic E-state index is 13.3. The molecule has 1 aliphatic heterocycles. The zero-order valence-electron chi connectivity index (χ0n) is 17.7. The SMILES string of the molecule is Cc1cccc(N2C(=O)C(=O)/C(=C(\O)c3c[nH]c4ccccc34)C2c2ccccn2)c1C. The van der Waals surface area contributed by atoms with Crippen LogP contribution in [-0.4, -0.2) is 26.8 Å². The third-order valence-electron chi connectivity index (χ3n) is 6.09. The van der Waals surface area contributed by atoms with Crippen molar-refractivity contribution in [1.29, 1.82) is 0 Å². The van der Waals surface area contributed by atoms with Crippen LogP contribution in [0.1, 0.15) is 28.4 Å². The Balaban J connectivity index is 1.78. The molecule has 6 heteroatoms. The smallest absolute Gasteiger partial charge is 0.300 e. The number of amides is 1. The highest BCUT2D eigenvalue weighted by Gasteiger charge is 2.48. The van der Waals surface area contributed by atoms with Crippen molar-refractivity contribution in [1.82, 2.24) is 9.97 Å². The number of hydrogen-bond donors (Lipinski definition) is 2. The maximum Gasteiger partial charge on any atom is 0.300 e. The van der Waals surface area contributed by atoms with Crippen LogP contribution in [0, 0.1) is 13.8 Å². The van der Waals surface area contributed by atoms with E-state index in [0.29, 0.717) is 16.9 Å². The normalized spacial score (nSPS) is 17.9. The summed E-state index contributed by atoms with van der Waals surface area (Å²) >= 11 is 0. The van der Waals surface area contributed by atoms with E-state index in [4.69, 9.17) is 0 Å². The van der Waals surface area contributed by atoms with E-state index in [1.165, 1.54) is 4.90 Å². The zero-order chi connectivity index (χ0) is 22.4. The molecule has 0 bridgehead atoms. The Morgan fingerprint density at radius 1 is 1.00 bits per heavy atom. The van der Waals surface area contributed by atoms with Gasteiger partial charge in [-0.3, -0.25) is 19.5 Å². The molecule has 0 aliphatic carbocycles. The summed E-state index contributed by atoms with van der Waals surface area (Å²) in [7, 11) is 0. The standard InChI is InChI=1S/C26H21N3O3/c1-15-8-7-12-21(16(15)2)29-23(20-11-5-6-13-27-20)22(25(31)26(29)32)24(30)18-14-28-19-10-4-3-9-17(18)19/h3-14,23,28,30H,1-2H3/b24-22-. The Kier molecular flexibility index (Phi) is 4.63. The van der Waals surface area contributed by atoms with E-state index in [9.17, 15) is 14.7 Å². The number of benzene rings is 2. The first-order valence-electron chi connectivity index (χ1n) is 10.3. The van der Waals surface area contributed by atoms with E-state index in [0.717, 1.165) is 22.0 Å². The van der Waals surface area contributed by atoms with Crippen LogP contribution in [0.15, 0.2) is 78.6 Å². The molecule has 3 heterocycles. The number of pyridine rings is 1. The lowest BCUT2D eigenvalue weighted by Gasteiger charge is -2.26. The summed E-state index contributed by atoms with van der Waals surface area (Å²) in [5.74, 6) is -1.63. The molecule has 0 spiro atoms. The van der Waals surface area contributed by atoms with Crippen LogP contribution in [0.3, 0.4) is 0 Å². The number of aliphatic hydroxyl groups excluding tert-OH is 1. The number of hydrogen-bond acceptors (Lipinski definition) is 4. The van der Waals surface area contributed by atoms with Gasteiger partial charge in [0.25, 0.3) is 11.7 Å². The van der Waals surface area contributed by atoms with Gasteiger partial charge in [0.1, 0.15) is 11.8 Å². The average molecular weight is 423 g/mol. The Morgan fingerprint density at radius 2 is 1.78 bits per heavy atom. The number of aliphatic hydroxyl groups is 1. The molecule has 2 aromatic carbocycles. The number of Topliss-reactive ketones (excluding diaryl/α,β-unsaturated/α-hetero) is 1. The molecule has 2 aromatic heterocycles. The van der Waals surface area contributed by atoms with Crippen molar-refractivity contribution in [3.63, 3.8) is 0 Å². The maximum absolute atomic E-state index is 13.3. The molecule has 5 rings (SSSR count). The van der Waals surface area contributed by atoms with Gasteiger partial charge in [-0.1, -0.05) is 36.4 Å². The second kappa shape index (κ2) is 7.50. The monoisotopic (exact) mass is 423 g/mol. The first-order chi connectivity index (χ1) is 15.5. The molecule has 1 fully saturated rings. The lowest BCUT2D eigenvalue weighted by Crippen LogP contribution is -2.30. The quantitative estimate of drug-likeness (QED) is 0.281. The summed E-state index contributed by atoms with van der Waals surface area (Å²) < 4.78 is 0. The number of aromatic nitrogens is 2. The molecule has 0 saturated carbocycles. The molecular weight excluding hydrogens is 402 g/mol. The second-order valence-electron chi connectivity index (χ2n) is 7.89. The summed E-state index contributed by atoms with van der Waals surface area (Å²) in [5, 5.41) is 12.1. The molecule has 1 unspecified atom stereocenters. The summed E-state index contributed by atoms with van der Waals surface area (Å²) in [6.45, 7) is 3.87. The third kappa shape index (κ3) is 2.92. The number of fused-ring (bicyclic) bond motifs is 1. The van der Waals surface area contributed by atoms with Crippen molar-refractivity contribution in [2.24, 2.45) is 0 Å². The van der Waals surface area contributed by atoms with Crippen molar-refractivity contribution in [2.75, 3.05) is 4.90 Å². The van der Waals surface area contributed by atoms with Gasteiger partial charge >= 0.3 is 0 Å². The van der Waals surface area contributed by atoms with Gasteiger partial charge in [-0.15, -0.1) is 0 Å². The highest BCUT2D eigenvalue weighted by Crippen LogP contribution is 2.43. The molecule has 0 radical (unpaired) electrons. The molecule has 1 saturated heterocycles. The molecule has 1 atom stereocenters. The predicted octanol–water partition coefficient (Wildman–Crippen LogP) is 4.81. The number of aromatic amines is 1. The van der Waals surface area contributed by atoms with E-state index < -0.39 is 17.7 Å². The minimum Gasteiger partial charge on any atom is -0.507 e. The summed E-state index contributed by atoms with van der Waals surface area (Å²) in [6.07, 6.45) is 3.27. The average Bonchev–Trinajstić information content (AvgIpc) is 3.35. The Bertz CT molecular complexity index is 1400. The van der Waals surface area contributed by atoms with Gasteiger partial charge in [0.05, 0.1) is 11.3 Å². The van der Waals surface area contributed by atoms with E-state index in [-0.39, 0.29) is 11.3 Å². The van der Waals surface area contributed by atoms with Gasteiger partial charge in [-0.25, -0.2) is 0 Å². The molecule has 2 N–H and O–H groups in total. The Labute approximate surface area is 184 Å². The van der Waals surface area contributed by atoms with Crippen LogP contribution in [0.2, 0.25) is 0 Å². The second-order valence-corrected chi connectivity index (χ2v) is 7.89. The lowest BCUT2D eigenvalue weighted by molar-refractivity contribution is -0.132. The lowest BCUT2D eigenvalue weighted by atomic mass is 9.97. The van der Waals surface area contributed by atoms with Gasteiger partial charge < -0.3 is 10.1 Å². The highest BCUT2D eigenvalue weighted by atomic mass is 16.3. The predicted molar refractivity (Wildman–Crippen MR) is 123 cm³/mol. The minimum absolute atomic E-state index is 0.0272. The van der Waals surface area contributed by atoms with Gasteiger partial charge in [0, 0.05) is 34.5 Å². The van der Waals surface area contributed by atoms with Gasteiger partial charge in [0.15, 0.2) is 0 Å². The Hall–Kier alpha value is -4.19. The molecule has 1 aliphatic rings. The summed E-state index contributed by atoms with van der Waals surface area (Å²) in [5.41, 5.74) is 4.35. The fourth-order valence-corrected chi connectivity index (χ4v) is 4.31. The number of nitrogens with zero attached hydrogens (tertiary/aromatic N) is 2. The highest BCUT2D eigenvalue weighted by molar-refractivity contribution is 6.52. The largest absolute Gasteiger partial charge is 0.507 e. The number of rotatable bonds is 3. The summed E-state index contributed by atoms with van der Waals surface area (Å²) in [4.78, 5) is 35.6. The van der Waals surface area contributed by atoms with Crippen LogP contribution in [0.4, 0.5) is 5.69 Å². The van der Waals surface area contributed by atoms with Crippen LogP contribution < -0.4 is 4.90 Å². The number of carbonyl (C=O) groups is 2. The van der Waals surface area contributed by atoms with Crippen molar-refractivity contribution >= 4 is 34.0 Å². The minimum atomic E-state index is -0.842. The molecule has 6 nitrogen and oxygen atoms in total. The number of aryl methyl sites for hydroxylation is 1. The number of para-hydroxylation sites is 1. The first kappa shape index (κ1) is 19.8. The molecule has 4 aromatic rings. The van der Waals surface area contributed by atoms with Crippen molar-refractivity contribution in [2.45, 2.75) is 19.9 Å². The van der Waals surface area contributed by atoms with E-state index in [1.54, 1.807) is 30.6 Å². The van der Waals surface area contributed by atoms with Crippen molar-refractivity contribution < 1.29 is 14.7 Å². The van der Waals surface area contributed by atoms with Gasteiger partial charge in [-0.05, 0) is 49.2 Å². The fourth-order valence-electron chi connectivity index (χ4n) is 4.31. The molecular formula is C26H21N3O3. The topological polar surface area (TPSA) is 86.3 Å². The number of carbonyl (C=O) groups excluding carboxylic acids is 2. The number of nitrogens with one attached hydrogen (secondary N) is 1. The van der Waals surface area contributed by atoms with Crippen LogP contribution in [0.25, 0.3) is 16.7 Å². The number of H-pyrrole nitrogens is 1. The zero-order valence-corrected chi connectivity index (χ0v) is 17.7. The first-order valence-corrected chi connectivity index (χ1v) is 10.3. The van der Waals surface area contributed by atoms with Gasteiger partial charge in [0.2, 0.25) is 0 Å². The number of ketones is 1. The fraction of sp³-hybridized carbons (Fsp3) is 0.115. The van der Waals surface area contributed by atoms with Crippen LogP contribution in [-0.2, 0) is 9.59 Å². The van der Waals surface area contributed by atoms with E-state index >= 15 is 0 Å². The van der Waals surface area contributed by atoms with Crippen molar-refractivity contribution in [3.05, 3.63) is 101 Å². The third-order valence-corrected chi connectivity index (χ3v) is 6.09. The Morgan fingerprint density at radius 3 is 2.56 bits per heavy atom. The van der Waals surface area contributed by atoms with Crippen LogP contribution >= 0.6 is 0 Å². The van der Waals surface area contributed by atoms with Gasteiger partial charge in [-0.2, -0.15) is 0 Å². The van der Waals surface area contributed by atoms with E-state index in [1.807, 2.05) is 56.3 Å². The van der Waals surface area contributed by atoms with Crippen molar-refractivity contribution in [3.8, 4) is 0 Å². The molecule has 158 valence electrons. The molecule has 32 heavy (non-hydrogen) atoms. The number of anilines is 1. The van der Waals surface area contributed by atoms with Crippen LogP contribution in [0.5, 0.6) is 0 Å². The van der Waals surface area contributed by atoms with E-state index in [2.05, 4.69) is 9.97 Å².